The smallest absolute Gasteiger partial charge is 0.416 e. The van der Waals surface area contributed by atoms with E-state index in [0.717, 1.165) is 17.7 Å². The summed E-state index contributed by atoms with van der Waals surface area (Å²) in [5.41, 5.74) is -0.800. The van der Waals surface area contributed by atoms with Crippen LogP contribution in [0.25, 0.3) is 0 Å². The highest BCUT2D eigenvalue weighted by atomic mass is 19.4. The molecule has 178 valence electrons. The molecule has 2 amide bonds. The molecule has 1 aliphatic carbocycles. The van der Waals surface area contributed by atoms with Crippen LogP contribution in [0.15, 0.2) is 0 Å². The second kappa shape index (κ2) is 9.77. The molecule has 3 atom stereocenters. The third-order valence-corrected chi connectivity index (χ3v) is 5.68. The van der Waals surface area contributed by atoms with Crippen LogP contribution in [0.5, 0.6) is 0 Å². The van der Waals surface area contributed by atoms with Gasteiger partial charge in [0.1, 0.15) is 12.2 Å². The summed E-state index contributed by atoms with van der Waals surface area (Å²) in [5, 5.41) is 0. The number of nitrogens with zero attached hydrogens (tertiary/aromatic N) is 1. The minimum Gasteiger partial charge on any atom is -0.460 e. The van der Waals surface area contributed by atoms with Gasteiger partial charge in [-0.1, -0.05) is 26.7 Å². The SMILES string of the molecule is CC(C)[C@H]1COC(=O)N1C(=O)[C@H](CCCC(F)(F)F)[C@@H](CC1CC1)C(=O)OC(C)(C)C. The van der Waals surface area contributed by atoms with Gasteiger partial charge in [-0.3, -0.25) is 9.59 Å². The quantitative estimate of drug-likeness (QED) is 0.458. The molecule has 0 unspecified atom stereocenters. The number of hydrogen-bond acceptors (Lipinski definition) is 5. The third-order valence-electron chi connectivity index (χ3n) is 5.68. The summed E-state index contributed by atoms with van der Waals surface area (Å²) in [7, 11) is 0. The number of ether oxygens (including phenoxy) is 2. The van der Waals surface area contributed by atoms with Crippen molar-refractivity contribution in [3.63, 3.8) is 0 Å². The number of imide groups is 1. The van der Waals surface area contributed by atoms with E-state index in [1.165, 1.54) is 0 Å². The first kappa shape index (κ1) is 25.5. The Bertz CT molecular complexity index is 667. The van der Waals surface area contributed by atoms with Gasteiger partial charge in [0.25, 0.3) is 0 Å². The predicted octanol–water partition coefficient (Wildman–Crippen LogP) is 5.10. The van der Waals surface area contributed by atoms with Gasteiger partial charge in [0.15, 0.2) is 0 Å². The Kier molecular flexibility index (Phi) is 8.03. The van der Waals surface area contributed by atoms with Gasteiger partial charge in [0, 0.05) is 6.42 Å². The average Bonchev–Trinajstić information content (AvgIpc) is 3.33. The first-order valence-corrected chi connectivity index (χ1v) is 11.0. The van der Waals surface area contributed by atoms with E-state index in [1.807, 2.05) is 13.8 Å². The lowest BCUT2D eigenvalue weighted by Crippen LogP contribution is -2.48. The first-order chi connectivity index (χ1) is 14.2. The molecule has 1 aliphatic heterocycles. The fourth-order valence-electron chi connectivity index (χ4n) is 3.89. The number of hydrogen-bond donors (Lipinski definition) is 0. The fourth-order valence-corrected chi connectivity index (χ4v) is 3.89. The third kappa shape index (κ3) is 7.68. The molecule has 0 N–H and O–H groups in total. The number of carbonyl (C=O) groups excluding carboxylic acids is 3. The van der Waals surface area contributed by atoms with Crippen molar-refractivity contribution in [3.05, 3.63) is 0 Å². The number of halogens is 3. The van der Waals surface area contributed by atoms with Crippen molar-refractivity contribution in [1.82, 2.24) is 4.90 Å². The van der Waals surface area contributed by atoms with E-state index in [2.05, 4.69) is 0 Å². The van der Waals surface area contributed by atoms with Crippen LogP contribution >= 0.6 is 0 Å². The van der Waals surface area contributed by atoms with Crippen LogP contribution in [0.4, 0.5) is 18.0 Å². The minimum absolute atomic E-state index is 0.0389. The number of esters is 1. The molecule has 0 bridgehead atoms. The van der Waals surface area contributed by atoms with Gasteiger partial charge >= 0.3 is 18.2 Å². The Hall–Kier alpha value is -1.80. The van der Waals surface area contributed by atoms with Gasteiger partial charge in [0.05, 0.1) is 17.9 Å². The number of amides is 2. The van der Waals surface area contributed by atoms with Gasteiger partial charge in [-0.2, -0.15) is 13.2 Å². The van der Waals surface area contributed by atoms with E-state index in [0.29, 0.717) is 6.42 Å². The molecular weight excluding hydrogens is 415 g/mol. The molecule has 31 heavy (non-hydrogen) atoms. The van der Waals surface area contributed by atoms with Gasteiger partial charge < -0.3 is 9.47 Å². The molecule has 1 heterocycles. The molecule has 0 aromatic heterocycles. The average molecular weight is 450 g/mol. The minimum atomic E-state index is -4.36. The van der Waals surface area contributed by atoms with Crippen LogP contribution in [0.1, 0.15) is 73.1 Å². The van der Waals surface area contributed by atoms with Crippen molar-refractivity contribution >= 4 is 18.0 Å². The Labute approximate surface area is 181 Å². The van der Waals surface area contributed by atoms with E-state index in [-0.39, 0.29) is 31.3 Å². The zero-order valence-electron chi connectivity index (χ0n) is 19.0. The Morgan fingerprint density at radius 2 is 1.77 bits per heavy atom. The highest BCUT2D eigenvalue weighted by Gasteiger charge is 2.47. The second-order valence-electron chi connectivity index (χ2n) is 10.0. The second-order valence-corrected chi connectivity index (χ2v) is 10.0. The van der Waals surface area contributed by atoms with Gasteiger partial charge in [-0.05, 0) is 51.9 Å². The Morgan fingerprint density at radius 3 is 2.26 bits per heavy atom. The van der Waals surface area contributed by atoms with Gasteiger partial charge in [0.2, 0.25) is 5.91 Å². The van der Waals surface area contributed by atoms with E-state index in [4.69, 9.17) is 9.47 Å². The van der Waals surface area contributed by atoms with Gasteiger partial charge in [-0.25, -0.2) is 9.69 Å². The zero-order valence-corrected chi connectivity index (χ0v) is 19.0. The van der Waals surface area contributed by atoms with Crippen molar-refractivity contribution in [2.45, 2.75) is 91.0 Å². The Morgan fingerprint density at radius 1 is 1.16 bits per heavy atom. The first-order valence-electron chi connectivity index (χ1n) is 11.0. The van der Waals surface area contributed by atoms with Crippen molar-refractivity contribution < 1.29 is 37.0 Å². The number of rotatable bonds is 9. The molecule has 0 radical (unpaired) electrons. The van der Waals surface area contributed by atoms with Crippen LogP contribution in [0.3, 0.4) is 0 Å². The summed E-state index contributed by atoms with van der Waals surface area (Å²) < 4.78 is 48.9. The summed E-state index contributed by atoms with van der Waals surface area (Å²) in [6.07, 6.45) is -4.50. The molecule has 1 saturated carbocycles. The molecule has 9 heteroatoms. The highest BCUT2D eigenvalue weighted by molar-refractivity contribution is 5.96. The molecule has 0 aromatic carbocycles. The van der Waals surface area contributed by atoms with E-state index >= 15 is 0 Å². The fraction of sp³-hybridized carbons (Fsp3) is 0.864. The summed E-state index contributed by atoms with van der Waals surface area (Å²) >= 11 is 0. The van der Waals surface area contributed by atoms with Gasteiger partial charge in [-0.15, -0.1) is 0 Å². The standard InChI is InChI=1S/C22H34F3NO5/c1-13(2)17-12-30-20(29)26(17)18(27)15(7-6-10-22(23,24)25)16(11-14-8-9-14)19(28)31-21(3,4)5/h13-17H,6-12H2,1-5H3/t15-,16-,17-/m1/s1. The van der Waals surface area contributed by atoms with Crippen LogP contribution < -0.4 is 0 Å². The normalized spacial score (nSPS) is 21.8. The maximum Gasteiger partial charge on any atom is 0.416 e. The lowest BCUT2D eigenvalue weighted by molar-refractivity contribution is -0.166. The van der Waals surface area contributed by atoms with Crippen molar-refractivity contribution in [2.75, 3.05) is 6.61 Å². The molecular formula is C22H34F3NO5. The predicted molar refractivity (Wildman–Crippen MR) is 107 cm³/mol. The van der Waals surface area contributed by atoms with Crippen LogP contribution in [-0.4, -0.2) is 47.3 Å². The summed E-state index contributed by atoms with van der Waals surface area (Å²) in [5.74, 6) is -3.05. The maximum atomic E-state index is 13.5. The maximum absolute atomic E-state index is 13.5. The summed E-state index contributed by atoms with van der Waals surface area (Å²) in [6.45, 7) is 8.81. The number of cyclic esters (lactones) is 1. The van der Waals surface area contributed by atoms with Crippen molar-refractivity contribution in [2.24, 2.45) is 23.7 Å². The van der Waals surface area contributed by atoms with E-state index in [9.17, 15) is 27.6 Å². The van der Waals surface area contributed by atoms with Crippen molar-refractivity contribution in [3.8, 4) is 0 Å². The molecule has 0 spiro atoms. The molecule has 2 rings (SSSR count). The summed E-state index contributed by atoms with van der Waals surface area (Å²) in [4.78, 5) is 39.8. The molecule has 0 aromatic rings. The molecule has 6 nitrogen and oxygen atoms in total. The van der Waals surface area contributed by atoms with Crippen LogP contribution in [0.2, 0.25) is 0 Å². The van der Waals surface area contributed by atoms with Crippen molar-refractivity contribution in [1.29, 1.82) is 0 Å². The van der Waals surface area contributed by atoms with Crippen LogP contribution in [-0.2, 0) is 19.1 Å². The van der Waals surface area contributed by atoms with E-state index < -0.39 is 54.0 Å². The lowest BCUT2D eigenvalue weighted by Gasteiger charge is -2.32. The topological polar surface area (TPSA) is 72.9 Å². The molecule has 1 saturated heterocycles. The number of carbonyl (C=O) groups is 3. The summed E-state index contributed by atoms with van der Waals surface area (Å²) in [6, 6.07) is -0.509. The highest BCUT2D eigenvalue weighted by Crippen LogP contribution is 2.41. The monoisotopic (exact) mass is 449 g/mol. The van der Waals surface area contributed by atoms with Crippen LogP contribution in [0, 0.1) is 23.7 Å². The molecule has 2 aliphatic rings. The zero-order chi connectivity index (χ0) is 23.6. The Balaban J connectivity index is 2.32. The molecule has 2 fully saturated rings. The lowest BCUT2D eigenvalue weighted by atomic mass is 9.82. The van der Waals surface area contributed by atoms with E-state index in [1.54, 1.807) is 20.8 Å². The number of alkyl halides is 3. The largest absolute Gasteiger partial charge is 0.460 e.